The minimum absolute atomic E-state index is 0.520. The summed E-state index contributed by atoms with van der Waals surface area (Å²) in [6.45, 7) is 9.98. The summed E-state index contributed by atoms with van der Waals surface area (Å²) in [6, 6.07) is 0.655. The average Bonchev–Trinajstić information content (AvgIpc) is 2.43. The topological polar surface area (TPSA) is 14.1 Å². The Labute approximate surface area is 107 Å². The second-order valence-electron chi connectivity index (χ2n) is 8.08. The molecule has 0 spiro atoms. The Morgan fingerprint density at radius 2 is 1.82 bits per heavy atom. The van der Waals surface area contributed by atoms with E-state index < -0.39 is 0 Å². The van der Waals surface area contributed by atoms with Gasteiger partial charge in [0.15, 0.2) is 0 Å². The second kappa shape index (κ2) is 3.50. The van der Waals surface area contributed by atoms with Crippen LogP contribution in [0.4, 0.5) is 0 Å². The van der Waals surface area contributed by atoms with Crippen molar-refractivity contribution >= 4 is 0 Å². The van der Waals surface area contributed by atoms with Gasteiger partial charge in [-0.25, -0.2) is 0 Å². The molecule has 4 aliphatic carbocycles. The molecule has 0 heterocycles. The molecule has 4 saturated carbocycles. The molecule has 17 heavy (non-hydrogen) atoms. The first kappa shape index (κ1) is 12.0. The van der Waals surface area contributed by atoms with Crippen molar-refractivity contribution in [3.05, 3.63) is 5.32 Å². The molecule has 0 aromatic rings. The molecule has 0 radical (unpaired) electrons. The molecule has 4 rings (SSSR count). The van der Waals surface area contributed by atoms with Crippen molar-refractivity contribution in [2.24, 2.45) is 34.5 Å². The summed E-state index contributed by atoms with van der Waals surface area (Å²) < 4.78 is 0. The standard InChI is InChI=1S/C16H28N/c1-10(2)11-7-15(3)9-16(4)8-12(11)13(15)6-14(16)17-5/h10-14H,6-9H2,1-5H3/q-1/t11-,12-,13-,14-,15-,16+/m0/s1. The van der Waals surface area contributed by atoms with E-state index in [0.717, 1.165) is 23.7 Å². The van der Waals surface area contributed by atoms with Gasteiger partial charge in [0.05, 0.1) is 0 Å². The number of hydrogen-bond acceptors (Lipinski definition) is 0. The van der Waals surface area contributed by atoms with E-state index in [4.69, 9.17) is 5.32 Å². The second-order valence-corrected chi connectivity index (χ2v) is 8.08. The molecule has 1 heteroatoms. The number of hydrogen-bond donors (Lipinski definition) is 0. The molecule has 0 aromatic carbocycles. The first-order valence-electron chi connectivity index (χ1n) is 7.48. The van der Waals surface area contributed by atoms with E-state index in [1.807, 2.05) is 7.05 Å². The molecule has 4 bridgehead atoms. The summed E-state index contributed by atoms with van der Waals surface area (Å²) in [5.41, 5.74) is 1.17. The summed E-state index contributed by atoms with van der Waals surface area (Å²) in [4.78, 5) is 0. The highest BCUT2D eigenvalue weighted by molar-refractivity contribution is 5.18. The quantitative estimate of drug-likeness (QED) is 0.669. The van der Waals surface area contributed by atoms with E-state index in [9.17, 15) is 0 Å². The third-order valence-electron chi connectivity index (χ3n) is 6.62. The van der Waals surface area contributed by atoms with E-state index in [-0.39, 0.29) is 0 Å². The maximum atomic E-state index is 4.70. The van der Waals surface area contributed by atoms with Crippen molar-refractivity contribution in [3.8, 4) is 0 Å². The molecule has 0 N–H and O–H groups in total. The Bertz CT molecular complexity index is 323. The van der Waals surface area contributed by atoms with Crippen LogP contribution in [0.2, 0.25) is 0 Å². The predicted octanol–water partition coefficient (Wildman–Crippen LogP) is 4.48. The van der Waals surface area contributed by atoms with Crippen molar-refractivity contribution in [1.82, 2.24) is 0 Å². The van der Waals surface area contributed by atoms with Gasteiger partial charge in [-0.3, -0.25) is 0 Å². The molecule has 4 aliphatic rings. The fourth-order valence-corrected chi connectivity index (χ4v) is 6.07. The van der Waals surface area contributed by atoms with E-state index >= 15 is 0 Å². The Hall–Kier alpha value is -0.0400. The van der Waals surface area contributed by atoms with Crippen molar-refractivity contribution < 1.29 is 0 Å². The van der Waals surface area contributed by atoms with Crippen molar-refractivity contribution in [2.45, 2.75) is 59.4 Å². The van der Waals surface area contributed by atoms with Crippen LogP contribution < -0.4 is 0 Å². The first-order valence-corrected chi connectivity index (χ1v) is 7.48. The van der Waals surface area contributed by atoms with E-state index in [0.29, 0.717) is 16.9 Å². The van der Waals surface area contributed by atoms with Gasteiger partial charge in [0.2, 0.25) is 0 Å². The summed E-state index contributed by atoms with van der Waals surface area (Å²) in [6.07, 6.45) is 5.77. The molecular formula is C16H28N-. The monoisotopic (exact) mass is 234 g/mol. The zero-order valence-electron chi connectivity index (χ0n) is 12.2. The lowest BCUT2D eigenvalue weighted by Crippen LogP contribution is -2.53. The highest BCUT2D eigenvalue weighted by atomic mass is 14.9. The van der Waals surface area contributed by atoms with Gasteiger partial charge in [0.1, 0.15) is 0 Å². The summed E-state index contributed by atoms with van der Waals surface area (Å²) in [5.74, 6) is 3.86. The molecule has 0 aliphatic heterocycles. The third kappa shape index (κ3) is 1.47. The number of rotatable bonds is 2. The number of fused-ring (bicyclic) bond motifs is 1. The Kier molecular flexibility index (Phi) is 2.47. The summed E-state index contributed by atoms with van der Waals surface area (Å²) in [5, 5.41) is 4.70. The van der Waals surface area contributed by atoms with Crippen molar-refractivity contribution in [1.29, 1.82) is 0 Å². The molecule has 0 saturated heterocycles. The van der Waals surface area contributed by atoms with Crippen LogP contribution in [0.5, 0.6) is 0 Å². The van der Waals surface area contributed by atoms with Crippen LogP contribution in [0.3, 0.4) is 0 Å². The molecular weight excluding hydrogens is 206 g/mol. The molecule has 4 fully saturated rings. The minimum atomic E-state index is 0.520. The largest absolute Gasteiger partial charge is 0.662 e. The highest BCUT2D eigenvalue weighted by Gasteiger charge is 2.62. The predicted molar refractivity (Wildman–Crippen MR) is 73.1 cm³/mol. The lowest BCUT2D eigenvalue weighted by molar-refractivity contribution is -0.0516. The van der Waals surface area contributed by atoms with Gasteiger partial charge in [-0.1, -0.05) is 34.1 Å². The van der Waals surface area contributed by atoms with Gasteiger partial charge in [0, 0.05) is 0 Å². The maximum Gasteiger partial charge on any atom is -0.0288 e. The lowest BCUT2D eigenvalue weighted by Gasteiger charge is -2.63. The Morgan fingerprint density at radius 3 is 2.35 bits per heavy atom. The number of nitrogens with zero attached hydrogens (tertiary/aromatic N) is 1. The molecule has 1 nitrogen and oxygen atoms in total. The third-order valence-corrected chi connectivity index (χ3v) is 6.62. The van der Waals surface area contributed by atoms with E-state index in [2.05, 4.69) is 27.7 Å². The lowest BCUT2D eigenvalue weighted by atomic mass is 9.49. The van der Waals surface area contributed by atoms with Crippen LogP contribution in [0.25, 0.3) is 5.32 Å². The molecule has 6 atom stereocenters. The average molecular weight is 234 g/mol. The van der Waals surface area contributed by atoms with Gasteiger partial charge in [-0.2, -0.15) is 7.05 Å². The molecule has 0 unspecified atom stereocenters. The summed E-state index contributed by atoms with van der Waals surface area (Å²) >= 11 is 0. The van der Waals surface area contributed by atoms with Crippen LogP contribution in [0.15, 0.2) is 0 Å². The fourth-order valence-electron chi connectivity index (χ4n) is 6.07. The maximum absolute atomic E-state index is 4.70. The van der Waals surface area contributed by atoms with E-state index in [1.165, 1.54) is 25.7 Å². The van der Waals surface area contributed by atoms with Crippen molar-refractivity contribution in [3.63, 3.8) is 0 Å². The molecule has 0 amide bonds. The van der Waals surface area contributed by atoms with Gasteiger partial charge in [-0.05, 0) is 53.8 Å². The molecule has 0 aromatic heterocycles. The fraction of sp³-hybridized carbons (Fsp3) is 1.00. The van der Waals surface area contributed by atoms with Crippen LogP contribution in [-0.4, -0.2) is 13.1 Å². The Balaban J connectivity index is 1.94. The van der Waals surface area contributed by atoms with Crippen LogP contribution in [0.1, 0.15) is 53.4 Å². The van der Waals surface area contributed by atoms with Gasteiger partial charge in [0.25, 0.3) is 0 Å². The van der Waals surface area contributed by atoms with Gasteiger partial charge in [-0.15, -0.1) is 6.04 Å². The van der Waals surface area contributed by atoms with Gasteiger partial charge >= 0.3 is 0 Å². The zero-order chi connectivity index (χ0) is 12.4. The zero-order valence-corrected chi connectivity index (χ0v) is 12.2. The normalized spacial score (nSPS) is 56.8. The smallest absolute Gasteiger partial charge is 0.0288 e. The van der Waals surface area contributed by atoms with Crippen LogP contribution in [-0.2, 0) is 0 Å². The molecule has 98 valence electrons. The minimum Gasteiger partial charge on any atom is -0.662 e. The SMILES string of the molecule is C[N-][C@H]1C[C@H]2[C@H]3C[C@]1(C)C[C@]2(C)C[C@H]3C(C)C. The first-order chi connectivity index (χ1) is 7.89. The van der Waals surface area contributed by atoms with Crippen LogP contribution >= 0.6 is 0 Å². The van der Waals surface area contributed by atoms with E-state index in [1.54, 1.807) is 0 Å². The summed E-state index contributed by atoms with van der Waals surface area (Å²) in [7, 11) is 2.04. The Morgan fingerprint density at radius 1 is 1.12 bits per heavy atom. The van der Waals surface area contributed by atoms with Crippen LogP contribution in [0, 0.1) is 34.5 Å². The highest BCUT2D eigenvalue weighted by Crippen LogP contribution is 2.70. The van der Waals surface area contributed by atoms with Gasteiger partial charge < -0.3 is 5.32 Å². The van der Waals surface area contributed by atoms with Crippen molar-refractivity contribution in [2.75, 3.05) is 7.05 Å².